The summed E-state index contributed by atoms with van der Waals surface area (Å²) in [4.78, 5) is 30.7. The highest BCUT2D eigenvalue weighted by atomic mass is 16.2. The van der Waals surface area contributed by atoms with Gasteiger partial charge in [-0.25, -0.2) is 0 Å². The average molecular weight is 329 g/mol. The Bertz CT molecular complexity index is 582. The van der Waals surface area contributed by atoms with Crippen molar-refractivity contribution < 1.29 is 9.59 Å². The summed E-state index contributed by atoms with van der Waals surface area (Å²) in [6, 6.07) is 10.2. The van der Waals surface area contributed by atoms with Gasteiger partial charge in [0.15, 0.2) is 0 Å². The minimum atomic E-state index is -0.259. The molecule has 2 amide bonds. The van der Waals surface area contributed by atoms with Crippen LogP contribution in [0, 0.1) is 5.92 Å². The molecule has 3 rings (SSSR count). The zero-order valence-corrected chi connectivity index (χ0v) is 14.6. The second-order valence-corrected chi connectivity index (χ2v) is 7.05. The van der Waals surface area contributed by atoms with Gasteiger partial charge in [-0.05, 0) is 37.9 Å². The predicted octanol–water partition coefficient (Wildman–Crippen LogP) is 1.59. The van der Waals surface area contributed by atoms with Gasteiger partial charge in [-0.1, -0.05) is 30.3 Å². The summed E-state index contributed by atoms with van der Waals surface area (Å²) in [5.74, 6) is 0.274. The Balaban J connectivity index is 1.51. The number of nitrogens with zero attached hydrogens (tertiary/aromatic N) is 3. The van der Waals surface area contributed by atoms with Gasteiger partial charge in [-0.2, -0.15) is 0 Å². The van der Waals surface area contributed by atoms with E-state index in [1.807, 2.05) is 13.1 Å². The molecule has 2 aliphatic rings. The van der Waals surface area contributed by atoms with Crippen LogP contribution in [0.5, 0.6) is 0 Å². The molecular formula is C19H27N3O2. The molecule has 130 valence electrons. The van der Waals surface area contributed by atoms with Gasteiger partial charge in [0.2, 0.25) is 11.8 Å². The lowest BCUT2D eigenvalue weighted by Gasteiger charge is -2.34. The number of hydrogen-bond acceptors (Lipinski definition) is 3. The van der Waals surface area contributed by atoms with Gasteiger partial charge < -0.3 is 9.80 Å². The number of carbonyl (C=O) groups excluding carboxylic acids is 2. The van der Waals surface area contributed by atoms with Crippen molar-refractivity contribution in [1.29, 1.82) is 0 Å². The normalized spacial score (nSPS) is 22.8. The first-order valence-electron chi connectivity index (χ1n) is 8.84. The van der Waals surface area contributed by atoms with Gasteiger partial charge in [0.25, 0.3) is 0 Å². The number of likely N-dealkylation sites (tertiary alicyclic amines) is 2. The largest absolute Gasteiger partial charge is 0.344 e. The molecule has 2 aliphatic heterocycles. The van der Waals surface area contributed by atoms with Crippen LogP contribution < -0.4 is 0 Å². The minimum Gasteiger partial charge on any atom is -0.344 e. The van der Waals surface area contributed by atoms with Gasteiger partial charge >= 0.3 is 0 Å². The zero-order valence-electron chi connectivity index (χ0n) is 14.6. The SMILES string of the molecule is CN1CCC(N(C)C(=O)C2CCN(Cc3ccccc3)CC2)C1=O. The van der Waals surface area contributed by atoms with E-state index in [4.69, 9.17) is 0 Å². The number of benzene rings is 1. The maximum absolute atomic E-state index is 12.7. The maximum Gasteiger partial charge on any atom is 0.245 e. The van der Waals surface area contributed by atoms with E-state index < -0.39 is 0 Å². The highest BCUT2D eigenvalue weighted by Gasteiger charge is 2.37. The van der Waals surface area contributed by atoms with Crippen molar-refractivity contribution in [2.45, 2.75) is 31.8 Å². The third kappa shape index (κ3) is 3.61. The molecule has 1 unspecified atom stereocenters. The summed E-state index contributed by atoms with van der Waals surface area (Å²) in [5, 5.41) is 0. The van der Waals surface area contributed by atoms with Crippen molar-refractivity contribution in [1.82, 2.24) is 14.7 Å². The number of rotatable bonds is 4. The van der Waals surface area contributed by atoms with Gasteiger partial charge in [-0.3, -0.25) is 14.5 Å². The Kier molecular flexibility index (Phi) is 5.19. The number of amides is 2. The van der Waals surface area contributed by atoms with E-state index in [0.29, 0.717) is 0 Å². The lowest BCUT2D eigenvalue weighted by Crippen LogP contribution is -2.47. The molecule has 0 spiro atoms. The van der Waals surface area contributed by atoms with Crippen molar-refractivity contribution in [2.75, 3.05) is 33.7 Å². The second kappa shape index (κ2) is 7.34. The summed E-state index contributed by atoms with van der Waals surface area (Å²) in [7, 11) is 3.60. The molecule has 2 saturated heterocycles. The van der Waals surface area contributed by atoms with Crippen LogP contribution >= 0.6 is 0 Å². The molecule has 5 nitrogen and oxygen atoms in total. The van der Waals surface area contributed by atoms with Crippen LogP contribution in [-0.4, -0.2) is 66.3 Å². The molecule has 0 N–H and O–H groups in total. The number of carbonyl (C=O) groups is 2. The Hall–Kier alpha value is -1.88. The van der Waals surface area contributed by atoms with Crippen LogP contribution in [0.3, 0.4) is 0 Å². The maximum atomic E-state index is 12.7. The summed E-state index contributed by atoms with van der Waals surface area (Å²) in [6.07, 6.45) is 2.52. The molecule has 0 radical (unpaired) electrons. The second-order valence-electron chi connectivity index (χ2n) is 7.05. The molecule has 1 aromatic carbocycles. The monoisotopic (exact) mass is 329 g/mol. The van der Waals surface area contributed by atoms with E-state index in [9.17, 15) is 9.59 Å². The third-order valence-electron chi connectivity index (χ3n) is 5.40. The Morgan fingerprint density at radius 1 is 1.12 bits per heavy atom. The Morgan fingerprint density at radius 3 is 2.38 bits per heavy atom. The van der Waals surface area contributed by atoms with Crippen LogP contribution in [0.4, 0.5) is 0 Å². The summed E-state index contributed by atoms with van der Waals surface area (Å²) in [6.45, 7) is 3.58. The van der Waals surface area contributed by atoms with Crippen LogP contribution in [0.25, 0.3) is 0 Å². The smallest absolute Gasteiger partial charge is 0.245 e. The fraction of sp³-hybridized carbons (Fsp3) is 0.579. The van der Waals surface area contributed by atoms with Crippen LogP contribution in [0.15, 0.2) is 30.3 Å². The topological polar surface area (TPSA) is 43.9 Å². The minimum absolute atomic E-state index is 0.0562. The first-order chi connectivity index (χ1) is 11.6. The van der Waals surface area contributed by atoms with Crippen molar-refractivity contribution in [2.24, 2.45) is 5.92 Å². The molecule has 2 heterocycles. The zero-order chi connectivity index (χ0) is 17.1. The van der Waals surface area contributed by atoms with E-state index in [2.05, 4.69) is 29.2 Å². The highest BCUT2D eigenvalue weighted by molar-refractivity contribution is 5.89. The molecule has 0 saturated carbocycles. The number of piperidine rings is 1. The van der Waals surface area contributed by atoms with E-state index in [-0.39, 0.29) is 23.8 Å². The quantitative estimate of drug-likeness (QED) is 0.842. The molecule has 0 bridgehead atoms. The first kappa shape index (κ1) is 17.0. The number of likely N-dealkylation sites (N-methyl/N-ethyl adjacent to an activating group) is 2. The van der Waals surface area contributed by atoms with Gasteiger partial charge in [0.1, 0.15) is 6.04 Å². The van der Waals surface area contributed by atoms with E-state index in [1.165, 1.54) is 5.56 Å². The molecule has 1 aromatic rings. The fourth-order valence-corrected chi connectivity index (χ4v) is 3.78. The summed E-state index contributed by atoms with van der Waals surface area (Å²) < 4.78 is 0. The fourth-order valence-electron chi connectivity index (χ4n) is 3.78. The van der Waals surface area contributed by atoms with E-state index in [1.54, 1.807) is 16.8 Å². The number of hydrogen-bond donors (Lipinski definition) is 0. The van der Waals surface area contributed by atoms with Crippen LogP contribution in [-0.2, 0) is 16.1 Å². The molecular weight excluding hydrogens is 302 g/mol. The standard InChI is InChI=1S/C19H27N3O2/c1-20-11-10-17(19(20)24)21(2)18(23)16-8-12-22(13-9-16)14-15-6-4-3-5-7-15/h3-7,16-17H,8-14H2,1-2H3. The average Bonchev–Trinajstić information content (AvgIpc) is 2.94. The molecule has 0 aliphatic carbocycles. The highest BCUT2D eigenvalue weighted by Crippen LogP contribution is 2.23. The van der Waals surface area contributed by atoms with Gasteiger partial charge in [0, 0.05) is 33.1 Å². The molecule has 24 heavy (non-hydrogen) atoms. The Labute approximate surface area is 144 Å². The van der Waals surface area contributed by atoms with Crippen LogP contribution in [0.1, 0.15) is 24.8 Å². The third-order valence-corrected chi connectivity index (χ3v) is 5.40. The van der Waals surface area contributed by atoms with Crippen molar-refractivity contribution in [3.05, 3.63) is 35.9 Å². The van der Waals surface area contributed by atoms with Gasteiger partial charge in [-0.15, -0.1) is 0 Å². The molecule has 1 atom stereocenters. The van der Waals surface area contributed by atoms with Crippen LogP contribution in [0.2, 0.25) is 0 Å². The first-order valence-corrected chi connectivity index (χ1v) is 8.84. The lowest BCUT2D eigenvalue weighted by atomic mass is 9.94. The lowest BCUT2D eigenvalue weighted by molar-refractivity contribution is -0.143. The van der Waals surface area contributed by atoms with Crippen molar-refractivity contribution in [3.8, 4) is 0 Å². The predicted molar refractivity (Wildman–Crippen MR) is 93.3 cm³/mol. The molecule has 5 heteroatoms. The van der Waals surface area contributed by atoms with E-state index >= 15 is 0 Å². The van der Waals surface area contributed by atoms with Crippen molar-refractivity contribution in [3.63, 3.8) is 0 Å². The molecule has 0 aromatic heterocycles. The summed E-state index contributed by atoms with van der Waals surface area (Å²) >= 11 is 0. The Morgan fingerprint density at radius 2 is 1.79 bits per heavy atom. The van der Waals surface area contributed by atoms with Gasteiger partial charge in [0.05, 0.1) is 0 Å². The van der Waals surface area contributed by atoms with Crippen molar-refractivity contribution >= 4 is 11.8 Å². The summed E-state index contributed by atoms with van der Waals surface area (Å²) in [5.41, 5.74) is 1.32. The molecule has 2 fully saturated rings. The van der Waals surface area contributed by atoms with E-state index in [0.717, 1.165) is 45.4 Å².